The number of hydrogen-bond acceptors (Lipinski definition) is 3. The summed E-state index contributed by atoms with van der Waals surface area (Å²) in [6.45, 7) is 5.01. The summed E-state index contributed by atoms with van der Waals surface area (Å²) in [5, 5.41) is 3.74. The fourth-order valence-corrected chi connectivity index (χ4v) is 3.15. The molecule has 0 aliphatic carbocycles. The van der Waals surface area contributed by atoms with Gasteiger partial charge in [-0.05, 0) is 62.5 Å². The van der Waals surface area contributed by atoms with E-state index < -0.39 is 0 Å². The van der Waals surface area contributed by atoms with Crippen LogP contribution in [0.2, 0.25) is 0 Å². The van der Waals surface area contributed by atoms with Crippen LogP contribution in [0, 0.1) is 5.92 Å². The Balaban J connectivity index is 1.46. The van der Waals surface area contributed by atoms with Gasteiger partial charge in [-0.3, -0.25) is 4.98 Å². The van der Waals surface area contributed by atoms with Crippen molar-refractivity contribution < 1.29 is 0 Å². The molecule has 0 radical (unpaired) electrons. The molecule has 0 aromatic carbocycles. The smallest absolute Gasteiger partial charge is 0.0270 e. The first-order valence-corrected chi connectivity index (χ1v) is 6.76. The van der Waals surface area contributed by atoms with Crippen molar-refractivity contribution in [2.75, 3.05) is 26.2 Å². The number of rotatable bonds is 4. The number of hydrogen-bond donors (Lipinski definition) is 1. The molecule has 2 bridgehead atoms. The number of nitrogens with zero attached hydrogens (tertiary/aromatic N) is 2. The highest BCUT2D eigenvalue weighted by atomic mass is 15.2. The molecule has 3 nitrogen and oxygen atoms in total. The summed E-state index contributed by atoms with van der Waals surface area (Å²) < 4.78 is 0. The Morgan fingerprint density at radius 1 is 1.24 bits per heavy atom. The van der Waals surface area contributed by atoms with Crippen molar-refractivity contribution in [1.29, 1.82) is 0 Å². The third-order valence-corrected chi connectivity index (χ3v) is 4.23. The van der Waals surface area contributed by atoms with Crippen LogP contribution in [-0.4, -0.2) is 42.1 Å². The van der Waals surface area contributed by atoms with Gasteiger partial charge in [0, 0.05) is 25.0 Å². The average molecular weight is 231 g/mol. The van der Waals surface area contributed by atoms with Gasteiger partial charge >= 0.3 is 0 Å². The van der Waals surface area contributed by atoms with E-state index in [0.29, 0.717) is 0 Å². The molecule has 17 heavy (non-hydrogen) atoms. The van der Waals surface area contributed by atoms with Gasteiger partial charge in [0.2, 0.25) is 0 Å². The minimum Gasteiger partial charge on any atom is -0.312 e. The fourth-order valence-electron chi connectivity index (χ4n) is 3.15. The third-order valence-electron chi connectivity index (χ3n) is 4.23. The maximum atomic E-state index is 4.05. The molecule has 1 aromatic heterocycles. The monoisotopic (exact) mass is 231 g/mol. The molecule has 0 spiro atoms. The van der Waals surface area contributed by atoms with Crippen LogP contribution in [0.4, 0.5) is 0 Å². The summed E-state index contributed by atoms with van der Waals surface area (Å²) in [5.41, 5.74) is 1.38. The second-order valence-electron chi connectivity index (χ2n) is 5.30. The zero-order chi connectivity index (χ0) is 11.5. The second-order valence-corrected chi connectivity index (χ2v) is 5.30. The second kappa shape index (κ2) is 5.15. The van der Waals surface area contributed by atoms with E-state index in [4.69, 9.17) is 0 Å². The van der Waals surface area contributed by atoms with E-state index in [2.05, 4.69) is 27.3 Å². The van der Waals surface area contributed by atoms with Crippen molar-refractivity contribution in [3.8, 4) is 0 Å². The van der Waals surface area contributed by atoms with Gasteiger partial charge in [0.15, 0.2) is 0 Å². The lowest BCUT2D eigenvalue weighted by Gasteiger charge is -2.45. The van der Waals surface area contributed by atoms with Crippen molar-refractivity contribution in [2.45, 2.75) is 25.3 Å². The Hall–Kier alpha value is -0.930. The number of fused-ring (bicyclic) bond motifs is 3. The maximum Gasteiger partial charge on any atom is 0.0270 e. The highest BCUT2D eigenvalue weighted by Crippen LogP contribution is 2.27. The average Bonchev–Trinajstić information content (AvgIpc) is 2.41. The van der Waals surface area contributed by atoms with E-state index in [-0.39, 0.29) is 0 Å². The number of pyridine rings is 1. The topological polar surface area (TPSA) is 28.2 Å². The lowest BCUT2D eigenvalue weighted by atomic mass is 9.84. The van der Waals surface area contributed by atoms with Gasteiger partial charge < -0.3 is 10.2 Å². The zero-order valence-corrected chi connectivity index (χ0v) is 10.3. The molecule has 1 atom stereocenters. The summed E-state index contributed by atoms with van der Waals surface area (Å²) in [5.74, 6) is 0.928. The van der Waals surface area contributed by atoms with Crippen LogP contribution in [0.1, 0.15) is 18.4 Å². The molecule has 3 heteroatoms. The Morgan fingerprint density at radius 3 is 2.65 bits per heavy atom. The number of aromatic nitrogens is 1. The lowest BCUT2D eigenvalue weighted by molar-refractivity contribution is 0.0731. The zero-order valence-electron chi connectivity index (χ0n) is 10.3. The van der Waals surface area contributed by atoms with Gasteiger partial charge in [0.25, 0.3) is 0 Å². The molecule has 0 saturated carbocycles. The first-order chi connectivity index (χ1) is 8.42. The van der Waals surface area contributed by atoms with Gasteiger partial charge in [-0.25, -0.2) is 0 Å². The highest BCUT2D eigenvalue weighted by molar-refractivity contribution is 5.10. The minimum atomic E-state index is 0.735. The largest absolute Gasteiger partial charge is 0.312 e. The Kier molecular flexibility index (Phi) is 3.39. The van der Waals surface area contributed by atoms with Crippen LogP contribution in [0.3, 0.4) is 0 Å². The molecule has 0 unspecified atom stereocenters. The molecule has 4 rings (SSSR count). The maximum absolute atomic E-state index is 4.05. The van der Waals surface area contributed by atoms with E-state index in [1.54, 1.807) is 0 Å². The first-order valence-electron chi connectivity index (χ1n) is 6.76. The van der Waals surface area contributed by atoms with Gasteiger partial charge in [0.1, 0.15) is 0 Å². The first kappa shape index (κ1) is 11.2. The van der Waals surface area contributed by atoms with Crippen molar-refractivity contribution in [1.82, 2.24) is 15.2 Å². The van der Waals surface area contributed by atoms with E-state index in [0.717, 1.165) is 24.9 Å². The molecule has 1 N–H and O–H groups in total. The summed E-state index contributed by atoms with van der Waals surface area (Å²) in [6.07, 6.45) is 7.67. The summed E-state index contributed by atoms with van der Waals surface area (Å²) in [4.78, 5) is 6.65. The molecule has 1 aromatic rings. The molecule has 3 aliphatic rings. The van der Waals surface area contributed by atoms with Gasteiger partial charge in [-0.1, -0.05) is 0 Å². The fraction of sp³-hybridized carbons (Fsp3) is 0.643. The van der Waals surface area contributed by atoms with Gasteiger partial charge in [0.05, 0.1) is 0 Å². The predicted octanol–water partition coefficient (Wildman–Crippen LogP) is 1.31. The molecular weight excluding hydrogens is 210 g/mol. The van der Waals surface area contributed by atoms with E-state index >= 15 is 0 Å². The van der Waals surface area contributed by atoms with Crippen molar-refractivity contribution in [3.05, 3.63) is 30.1 Å². The highest BCUT2D eigenvalue weighted by Gasteiger charge is 2.33. The number of piperidine rings is 3. The summed E-state index contributed by atoms with van der Waals surface area (Å²) >= 11 is 0. The molecule has 3 saturated heterocycles. The van der Waals surface area contributed by atoms with Gasteiger partial charge in [-0.2, -0.15) is 0 Å². The Labute approximate surface area is 103 Å². The van der Waals surface area contributed by atoms with Crippen molar-refractivity contribution in [2.24, 2.45) is 5.92 Å². The molecule has 3 aliphatic heterocycles. The lowest BCUT2D eigenvalue weighted by Crippen LogP contribution is -2.56. The summed E-state index contributed by atoms with van der Waals surface area (Å²) in [6, 6.07) is 4.95. The Morgan fingerprint density at radius 2 is 2.00 bits per heavy atom. The molecular formula is C14H21N3. The standard InChI is InChI=1S/C14H21N3/c1-6-15-7-2-12(1)3-8-16-14-11-17-9-4-13(14)5-10-17/h1-2,6-7,13-14,16H,3-5,8-11H2/t14-/m0/s1. The third kappa shape index (κ3) is 2.67. The number of nitrogens with one attached hydrogen (secondary N) is 1. The van der Waals surface area contributed by atoms with Crippen molar-refractivity contribution >= 4 is 0 Å². The van der Waals surface area contributed by atoms with Crippen LogP contribution >= 0.6 is 0 Å². The Bertz CT molecular complexity index is 344. The normalized spacial score (nSPS) is 31.6. The van der Waals surface area contributed by atoms with E-state index in [1.807, 2.05) is 12.4 Å². The SMILES string of the molecule is c1cc(CCN[C@H]2CN3CCC2CC3)ccn1. The summed E-state index contributed by atoms with van der Waals surface area (Å²) in [7, 11) is 0. The molecule has 92 valence electrons. The van der Waals surface area contributed by atoms with Crippen LogP contribution in [0.5, 0.6) is 0 Å². The van der Waals surface area contributed by atoms with Crippen LogP contribution < -0.4 is 5.32 Å². The minimum absolute atomic E-state index is 0.735. The molecule has 0 amide bonds. The van der Waals surface area contributed by atoms with Crippen LogP contribution in [0.25, 0.3) is 0 Å². The van der Waals surface area contributed by atoms with E-state index in [1.165, 1.54) is 38.0 Å². The molecule has 3 fully saturated rings. The molecule has 4 heterocycles. The van der Waals surface area contributed by atoms with E-state index in [9.17, 15) is 0 Å². The van der Waals surface area contributed by atoms with Crippen molar-refractivity contribution in [3.63, 3.8) is 0 Å². The van der Waals surface area contributed by atoms with Crippen LogP contribution in [0.15, 0.2) is 24.5 Å². The van der Waals surface area contributed by atoms with Crippen LogP contribution in [-0.2, 0) is 6.42 Å². The quantitative estimate of drug-likeness (QED) is 0.847. The predicted molar refractivity (Wildman–Crippen MR) is 68.9 cm³/mol. The van der Waals surface area contributed by atoms with Gasteiger partial charge in [-0.15, -0.1) is 0 Å².